The maximum absolute atomic E-state index is 11.2. The van der Waals surface area contributed by atoms with Crippen LogP contribution in [0.15, 0.2) is 28.1 Å². The molecular weight excluding hydrogens is 306 g/mol. The molecule has 0 fully saturated rings. The van der Waals surface area contributed by atoms with Gasteiger partial charge in [0.2, 0.25) is 10.0 Å². The molecule has 1 aromatic rings. The molecule has 4 nitrogen and oxygen atoms in total. The summed E-state index contributed by atoms with van der Waals surface area (Å²) in [5.41, 5.74) is 1.45. The molecule has 0 aromatic heterocycles. The van der Waals surface area contributed by atoms with Crippen LogP contribution in [-0.2, 0) is 10.0 Å². The molecule has 0 saturated heterocycles. The Kier molecular flexibility index (Phi) is 4.35. The number of aryl methyl sites for hydroxylation is 2. The first-order valence-electron chi connectivity index (χ1n) is 4.82. The second-order valence-corrected chi connectivity index (χ2v) is 6.42. The average molecular weight is 320 g/mol. The van der Waals surface area contributed by atoms with E-state index in [1.165, 1.54) is 12.1 Å². The molecule has 94 valence electrons. The predicted molar refractivity (Wildman–Crippen MR) is 70.9 cm³/mol. The van der Waals surface area contributed by atoms with Crippen LogP contribution < -0.4 is 9.88 Å². The fourth-order valence-corrected chi connectivity index (χ4v) is 2.25. The lowest BCUT2D eigenvalue weighted by Gasteiger charge is -2.13. The number of hydrogen-bond donors (Lipinski definition) is 1. The van der Waals surface area contributed by atoms with Crippen LogP contribution in [0.3, 0.4) is 0 Å². The Morgan fingerprint density at radius 3 is 2.24 bits per heavy atom. The summed E-state index contributed by atoms with van der Waals surface area (Å²) in [5, 5.41) is 5.08. The molecule has 0 aliphatic heterocycles. The summed E-state index contributed by atoms with van der Waals surface area (Å²) >= 11 is 3.19. The van der Waals surface area contributed by atoms with E-state index >= 15 is 0 Å². The number of benzene rings is 1. The van der Waals surface area contributed by atoms with E-state index in [0.29, 0.717) is 16.8 Å². The van der Waals surface area contributed by atoms with Crippen LogP contribution in [0.25, 0.3) is 0 Å². The van der Waals surface area contributed by atoms with Crippen molar-refractivity contribution in [3.05, 3.63) is 34.3 Å². The largest absolute Gasteiger partial charge is 0.488 e. The zero-order valence-electron chi connectivity index (χ0n) is 9.66. The molecule has 0 saturated carbocycles. The van der Waals surface area contributed by atoms with Crippen LogP contribution >= 0.6 is 15.9 Å². The van der Waals surface area contributed by atoms with Crippen molar-refractivity contribution in [1.29, 1.82) is 0 Å². The van der Waals surface area contributed by atoms with Crippen molar-refractivity contribution in [1.82, 2.24) is 0 Å². The highest BCUT2D eigenvalue weighted by Gasteiger charge is 2.13. The van der Waals surface area contributed by atoms with Gasteiger partial charge in [0.1, 0.15) is 12.4 Å². The topological polar surface area (TPSA) is 69.4 Å². The Hall–Kier alpha value is -0.850. The second-order valence-electron chi connectivity index (χ2n) is 3.74. The van der Waals surface area contributed by atoms with E-state index in [0.717, 1.165) is 11.1 Å². The van der Waals surface area contributed by atoms with Crippen molar-refractivity contribution in [2.24, 2.45) is 5.14 Å². The van der Waals surface area contributed by atoms with Crippen LogP contribution in [0.2, 0.25) is 0 Å². The minimum Gasteiger partial charge on any atom is -0.488 e. The molecule has 0 unspecified atom stereocenters. The Balaban J connectivity index is 3.15. The quantitative estimate of drug-likeness (QED) is 0.925. The summed E-state index contributed by atoms with van der Waals surface area (Å²) in [7, 11) is -3.68. The van der Waals surface area contributed by atoms with Crippen molar-refractivity contribution < 1.29 is 13.2 Å². The first-order chi connectivity index (χ1) is 7.71. The number of rotatable bonds is 4. The smallest absolute Gasteiger partial charge is 0.238 e. The van der Waals surface area contributed by atoms with Gasteiger partial charge in [-0.05, 0) is 37.1 Å². The lowest BCUT2D eigenvalue weighted by molar-refractivity contribution is 0.355. The number of ether oxygens (including phenoxy) is 1. The Bertz CT molecular complexity index is 529. The maximum atomic E-state index is 11.2. The summed E-state index contributed by atoms with van der Waals surface area (Å²) < 4.78 is 28.7. The number of hydrogen-bond acceptors (Lipinski definition) is 3. The maximum Gasteiger partial charge on any atom is 0.238 e. The number of halogens is 1. The minimum absolute atomic E-state index is 0.0949. The number of sulfonamides is 1. The zero-order valence-corrected chi connectivity index (χ0v) is 12.1. The summed E-state index contributed by atoms with van der Waals surface area (Å²) in [6.07, 6.45) is 0. The van der Waals surface area contributed by atoms with Crippen LogP contribution in [0, 0.1) is 13.8 Å². The van der Waals surface area contributed by atoms with Gasteiger partial charge in [0.15, 0.2) is 0 Å². The lowest BCUT2D eigenvalue weighted by Crippen LogP contribution is -2.13. The van der Waals surface area contributed by atoms with E-state index in [-0.39, 0.29) is 4.90 Å². The highest BCUT2D eigenvalue weighted by molar-refractivity contribution is 9.11. The molecule has 0 radical (unpaired) electrons. The average Bonchev–Trinajstić information content (AvgIpc) is 2.14. The van der Waals surface area contributed by atoms with Crippen molar-refractivity contribution in [2.45, 2.75) is 18.7 Å². The fraction of sp³-hybridized carbons (Fsp3) is 0.273. The lowest BCUT2D eigenvalue weighted by atomic mass is 10.1. The molecule has 0 aliphatic rings. The molecule has 2 N–H and O–H groups in total. The Morgan fingerprint density at radius 2 is 1.88 bits per heavy atom. The van der Waals surface area contributed by atoms with Gasteiger partial charge in [0, 0.05) is 4.48 Å². The van der Waals surface area contributed by atoms with E-state index in [9.17, 15) is 8.42 Å². The zero-order chi connectivity index (χ0) is 13.2. The summed E-state index contributed by atoms with van der Waals surface area (Å²) in [6, 6.07) is 2.99. The molecule has 1 rings (SSSR count). The molecule has 0 amide bonds. The van der Waals surface area contributed by atoms with Gasteiger partial charge in [-0.25, -0.2) is 13.6 Å². The number of primary sulfonamides is 1. The van der Waals surface area contributed by atoms with Gasteiger partial charge in [-0.15, -0.1) is 0 Å². The third-order valence-electron chi connectivity index (χ3n) is 2.14. The van der Waals surface area contributed by atoms with Gasteiger partial charge in [-0.2, -0.15) is 0 Å². The van der Waals surface area contributed by atoms with Gasteiger partial charge in [-0.3, -0.25) is 0 Å². The van der Waals surface area contributed by atoms with Crippen molar-refractivity contribution in [2.75, 3.05) is 6.61 Å². The van der Waals surface area contributed by atoms with E-state index in [2.05, 4.69) is 22.5 Å². The van der Waals surface area contributed by atoms with Crippen LogP contribution in [-0.4, -0.2) is 15.0 Å². The molecule has 0 bridgehead atoms. The molecule has 0 spiro atoms. The second kappa shape index (κ2) is 5.20. The molecule has 0 heterocycles. The summed E-state index contributed by atoms with van der Waals surface area (Å²) in [5.74, 6) is 0.651. The van der Waals surface area contributed by atoms with Crippen molar-refractivity contribution >= 4 is 26.0 Å². The van der Waals surface area contributed by atoms with Crippen LogP contribution in [0.5, 0.6) is 5.75 Å². The van der Waals surface area contributed by atoms with E-state index in [4.69, 9.17) is 9.88 Å². The van der Waals surface area contributed by atoms with Crippen molar-refractivity contribution in [3.8, 4) is 5.75 Å². The SMILES string of the molecule is C=C(Br)COc1c(C)cc(S(N)(=O)=O)cc1C. The van der Waals surface area contributed by atoms with Gasteiger partial charge in [0.25, 0.3) is 0 Å². The monoisotopic (exact) mass is 319 g/mol. The van der Waals surface area contributed by atoms with Crippen LogP contribution in [0.1, 0.15) is 11.1 Å². The summed E-state index contributed by atoms with van der Waals surface area (Å²) in [6.45, 7) is 7.54. The van der Waals surface area contributed by atoms with E-state index < -0.39 is 10.0 Å². The van der Waals surface area contributed by atoms with Gasteiger partial charge in [-0.1, -0.05) is 22.5 Å². The van der Waals surface area contributed by atoms with E-state index in [1.807, 2.05) is 0 Å². The molecule has 0 aliphatic carbocycles. The predicted octanol–water partition coefficient (Wildman–Crippen LogP) is 2.24. The normalized spacial score (nSPS) is 11.3. The molecular formula is C11H14BrNO3S. The third-order valence-corrected chi connectivity index (χ3v) is 3.26. The fourth-order valence-electron chi connectivity index (χ4n) is 1.45. The highest BCUT2D eigenvalue weighted by atomic mass is 79.9. The molecule has 17 heavy (non-hydrogen) atoms. The number of nitrogens with two attached hydrogens (primary N) is 1. The Labute approximate surface area is 110 Å². The molecule has 1 aromatic carbocycles. The molecule has 6 heteroatoms. The van der Waals surface area contributed by atoms with Gasteiger partial charge < -0.3 is 4.74 Å². The van der Waals surface area contributed by atoms with Crippen LogP contribution in [0.4, 0.5) is 0 Å². The standard InChI is InChI=1S/C11H14BrNO3S/c1-7-4-10(17(13,14)15)5-8(2)11(7)16-6-9(3)12/h4-5H,3,6H2,1-2H3,(H2,13,14,15). The molecule has 0 atom stereocenters. The van der Waals surface area contributed by atoms with Gasteiger partial charge >= 0.3 is 0 Å². The van der Waals surface area contributed by atoms with Crippen molar-refractivity contribution in [3.63, 3.8) is 0 Å². The van der Waals surface area contributed by atoms with E-state index in [1.54, 1.807) is 13.8 Å². The van der Waals surface area contributed by atoms with Gasteiger partial charge in [0.05, 0.1) is 4.90 Å². The Morgan fingerprint density at radius 1 is 1.41 bits per heavy atom. The highest BCUT2D eigenvalue weighted by Crippen LogP contribution is 2.27. The first-order valence-corrected chi connectivity index (χ1v) is 7.16. The first kappa shape index (κ1) is 14.2. The minimum atomic E-state index is -3.68. The summed E-state index contributed by atoms with van der Waals surface area (Å²) in [4.78, 5) is 0.0949. The third kappa shape index (κ3) is 3.83.